The Bertz CT molecular complexity index is 1160. The molecule has 0 radical (unpaired) electrons. The van der Waals surface area contributed by atoms with Crippen LogP contribution in [0.4, 0.5) is 5.82 Å². The Morgan fingerprint density at radius 3 is 2.97 bits per heavy atom. The lowest BCUT2D eigenvalue weighted by molar-refractivity contribution is -0.125. The van der Waals surface area contributed by atoms with Gasteiger partial charge < -0.3 is 20.0 Å². The maximum atomic E-state index is 12.6. The van der Waals surface area contributed by atoms with E-state index in [0.29, 0.717) is 25.3 Å². The number of carbonyl (C=O) groups excluding carboxylic acids is 2. The number of likely N-dealkylation sites (N-methyl/N-ethyl adjacent to an activating group) is 1. The molecule has 7 nitrogen and oxygen atoms in total. The van der Waals surface area contributed by atoms with Crippen LogP contribution in [0.1, 0.15) is 22.5 Å². The summed E-state index contributed by atoms with van der Waals surface area (Å²) in [5, 5.41) is 6.96. The number of para-hydroxylation sites is 1. The zero-order valence-electron chi connectivity index (χ0n) is 17.9. The van der Waals surface area contributed by atoms with Gasteiger partial charge in [0, 0.05) is 36.8 Å². The Kier molecular flexibility index (Phi) is 5.86. The van der Waals surface area contributed by atoms with Gasteiger partial charge in [0.15, 0.2) is 0 Å². The molecule has 0 saturated carbocycles. The Morgan fingerprint density at radius 2 is 2.19 bits per heavy atom. The number of aryl methyl sites for hydroxylation is 1. The van der Waals surface area contributed by atoms with Crippen LogP contribution in [0.25, 0.3) is 17.0 Å². The third kappa shape index (κ3) is 4.36. The topological polar surface area (TPSA) is 87.5 Å². The quantitative estimate of drug-likeness (QED) is 0.601. The van der Waals surface area contributed by atoms with Gasteiger partial charge in [-0.25, -0.2) is 4.98 Å². The molecule has 0 fully saturated rings. The molecule has 1 aliphatic rings. The SMILES string of the molecule is CNCC1Cc2cc(/C=C/C(=O)N(C)Cc3oc4ccccc4c3C)cnc2NC1=O. The maximum absolute atomic E-state index is 12.6. The van der Waals surface area contributed by atoms with Crippen LogP contribution in [0, 0.1) is 12.8 Å². The fourth-order valence-electron chi connectivity index (χ4n) is 3.84. The highest BCUT2D eigenvalue weighted by Crippen LogP contribution is 2.26. The van der Waals surface area contributed by atoms with Crippen molar-refractivity contribution in [2.24, 2.45) is 5.92 Å². The summed E-state index contributed by atoms with van der Waals surface area (Å²) in [5.41, 5.74) is 3.67. The molecular weight excluding hydrogens is 392 g/mol. The number of fused-ring (bicyclic) bond motifs is 2. The van der Waals surface area contributed by atoms with Gasteiger partial charge >= 0.3 is 0 Å². The van der Waals surface area contributed by atoms with Gasteiger partial charge in [0.05, 0.1) is 12.5 Å². The summed E-state index contributed by atoms with van der Waals surface area (Å²) in [4.78, 5) is 30.7. The first-order valence-corrected chi connectivity index (χ1v) is 10.3. The molecule has 3 heterocycles. The van der Waals surface area contributed by atoms with E-state index in [1.54, 1.807) is 24.2 Å². The lowest BCUT2D eigenvalue weighted by atomic mass is 9.94. The van der Waals surface area contributed by atoms with E-state index in [0.717, 1.165) is 33.4 Å². The van der Waals surface area contributed by atoms with E-state index in [9.17, 15) is 9.59 Å². The van der Waals surface area contributed by atoms with Crippen molar-refractivity contribution in [1.82, 2.24) is 15.2 Å². The molecule has 2 aromatic heterocycles. The highest BCUT2D eigenvalue weighted by Gasteiger charge is 2.26. The van der Waals surface area contributed by atoms with Crippen molar-refractivity contribution in [3.63, 3.8) is 0 Å². The van der Waals surface area contributed by atoms with Crippen LogP contribution in [0.2, 0.25) is 0 Å². The smallest absolute Gasteiger partial charge is 0.246 e. The lowest BCUT2D eigenvalue weighted by Crippen LogP contribution is -2.36. The number of hydrogen-bond acceptors (Lipinski definition) is 5. The molecule has 0 aliphatic carbocycles. The summed E-state index contributed by atoms with van der Waals surface area (Å²) in [6.45, 7) is 3.01. The largest absolute Gasteiger partial charge is 0.459 e. The molecule has 3 aromatic rings. The van der Waals surface area contributed by atoms with E-state index in [1.165, 1.54) is 6.08 Å². The molecule has 1 unspecified atom stereocenters. The Morgan fingerprint density at radius 1 is 1.39 bits per heavy atom. The molecule has 7 heteroatoms. The number of benzene rings is 1. The summed E-state index contributed by atoms with van der Waals surface area (Å²) in [5.74, 6) is 1.11. The number of furan rings is 1. The zero-order chi connectivity index (χ0) is 22.0. The maximum Gasteiger partial charge on any atom is 0.246 e. The molecular formula is C24H26N4O3. The van der Waals surface area contributed by atoms with E-state index in [-0.39, 0.29) is 17.7 Å². The monoisotopic (exact) mass is 418 g/mol. The van der Waals surface area contributed by atoms with Crippen LogP contribution in [0.3, 0.4) is 0 Å². The molecule has 1 atom stereocenters. The van der Waals surface area contributed by atoms with Crippen LogP contribution in [-0.2, 0) is 22.6 Å². The second kappa shape index (κ2) is 8.73. The first-order chi connectivity index (χ1) is 15.0. The standard InChI is InChI=1S/C24H26N4O3/c1-15-19-6-4-5-7-20(19)31-21(15)14-28(3)22(29)9-8-16-10-17-11-18(13-25-2)24(30)27-23(17)26-12-16/h4-10,12,18,25H,11,13-14H2,1-3H3,(H,26,27,30)/b9-8+. The third-order valence-electron chi connectivity index (χ3n) is 5.63. The van der Waals surface area contributed by atoms with Gasteiger partial charge in [-0.05, 0) is 49.7 Å². The molecule has 2 N–H and O–H groups in total. The zero-order valence-corrected chi connectivity index (χ0v) is 17.9. The van der Waals surface area contributed by atoms with E-state index in [2.05, 4.69) is 15.6 Å². The Labute approximate surface area is 181 Å². The van der Waals surface area contributed by atoms with E-state index >= 15 is 0 Å². The molecule has 4 rings (SSSR count). The lowest BCUT2D eigenvalue weighted by Gasteiger charge is -2.23. The number of aromatic nitrogens is 1. The predicted octanol–water partition coefficient (Wildman–Crippen LogP) is 3.14. The van der Waals surface area contributed by atoms with E-state index < -0.39 is 0 Å². The molecule has 0 spiro atoms. The predicted molar refractivity (Wildman–Crippen MR) is 120 cm³/mol. The van der Waals surface area contributed by atoms with Crippen LogP contribution in [-0.4, -0.2) is 42.3 Å². The number of nitrogens with one attached hydrogen (secondary N) is 2. The van der Waals surface area contributed by atoms with Gasteiger partial charge in [0.2, 0.25) is 11.8 Å². The van der Waals surface area contributed by atoms with E-state index in [1.807, 2.05) is 44.3 Å². The van der Waals surface area contributed by atoms with Gasteiger partial charge in [0.1, 0.15) is 17.2 Å². The summed E-state index contributed by atoms with van der Waals surface area (Å²) in [7, 11) is 3.58. The normalized spacial score (nSPS) is 15.8. The number of rotatable bonds is 6. The number of amides is 2. The van der Waals surface area contributed by atoms with Gasteiger partial charge in [-0.15, -0.1) is 0 Å². The van der Waals surface area contributed by atoms with Crippen molar-refractivity contribution in [2.45, 2.75) is 19.9 Å². The molecule has 1 aliphatic heterocycles. The average Bonchev–Trinajstić information content (AvgIpc) is 3.08. The highest BCUT2D eigenvalue weighted by molar-refractivity contribution is 5.95. The van der Waals surface area contributed by atoms with Crippen molar-refractivity contribution in [1.29, 1.82) is 0 Å². The Hall–Kier alpha value is -3.45. The minimum atomic E-state index is -0.127. The second-order valence-corrected chi connectivity index (χ2v) is 7.90. The summed E-state index contributed by atoms with van der Waals surface area (Å²) in [6, 6.07) is 9.83. The third-order valence-corrected chi connectivity index (χ3v) is 5.63. The summed E-state index contributed by atoms with van der Waals surface area (Å²) < 4.78 is 5.92. The van der Waals surface area contributed by atoms with Gasteiger partial charge in [-0.2, -0.15) is 0 Å². The molecule has 160 valence electrons. The molecule has 2 amide bonds. The highest BCUT2D eigenvalue weighted by atomic mass is 16.3. The van der Waals surface area contributed by atoms with Crippen molar-refractivity contribution in [2.75, 3.05) is 26.0 Å². The number of nitrogens with zero attached hydrogens (tertiary/aromatic N) is 2. The summed E-state index contributed by atoms with van der Waals surface area (Å²) >= 11 is 0. The molecule has 0 saturated heterocycles. The average molecular weight is 418 g/mol. The van der Waals surface area contributed by atoms with Crippen LogP contribution >= 0.6 is 0 Å². The summed E-state index contributed by atoms with van der Waals surface area (Å²) in [6.07, 6.45) is 5.57. The minimum absolute atomic E-state index is 0.0182. The van der Waals surface area contributed by atoms with Crippen molar-refractivity contribution in [3.05, 3.63) is 65.1 Å². The van der Waals surface area contributed by atoms with E-state index in [4.69, 9.17) is 4.42 Å². The number of anilines is 1. The van der Waals surface area contributed by atoms with Gasteiger partial charge in [-0.3, -0.25) is 9.59 Å². The van der Waals surface area contributed by atoms with Crippen molar-refractivity contribution in [3.8, 4) is 0 Å². The van der Waals surface area contributed by atoms with Crippen molar-refractivity contribution >= 4 is 34.7 Å². The minimum Gasteiger partial charge on any atom is -0.459 e. The second-order valence-electron chi connectivity index (χ2n) is 7.90. The Balaban J connectivity index is 1.44. The van der Waals surface area contributed by atoms with Crippen molar-refractivity contribution < 1.29 is 14.0 Å². The number of carbonyl (C=O) groups is 2. The van der Waals surface area contributed by atoms with Gasteiger partial charge in [0.25, 0.3) is 0 Å². The fraction of sp³-hybridized carbons (Fsp3) is 0.292. The molecule has 31 heavy (non-hydrogen) atoms. The van der Waals surface area contributed by atoms with Crippen LogP contribution in [0.15, 0.2) is 47.0 Å². The van der Waals surface area contributed by atoms with Crippen LogP contribution in [0.5, 0.6) is 0 Å². The van der Waals surface area contributed by atoms with Gasteiger partial charge in [-0.1, -0.05) is 18.2 Å². The first-order valence-electron chi connectivity index (χ1n) is 10.3. The number of hydrogen-bond donors (Lipinski definition) is 2. The fourth-order valence-corrected chi connectivity index (χ4v) is 3.84. The first kappa shape index (κ1) is 20.8. The number of pyridine rings is 1. The van der Waals surface area contributed by atoms with Crippen LogP contribution < -0.4 is 10.6 Å². The molecule has 0 bridgehead atoms. The molecule has 1 aromatic carbocycles.